The average Bonchev–Trinajstić information content (AvgIpc) is 2.36. The molecule has 3 nitrogen and oxygen atoms in total. The maximum absolute atomic E-state index is 11.1. The van der Waals surface area contributed by atoms with Gasteiger partial charge in [0.2, 0.25) is 0 Å². The lowest BCUT2D eigenvalue weighted by Gasteiger charge is -2.53. The van der Waals surface area contributed by atoms with Gasteiger partial charge in [-0.1, -0.05) is 30.9 Å². The van der Waals surface area contributed by atoms with Crippen LogP contribution in [0.1, 0.15) is 42.5 Å². The molecule has 1 heterocycles. The molecule has 0 atom stereocenters. The Morgan fingerprint density at radius 1 is 1.16 bits per heavy atom. The Kier molecular flexibility index (Phi) is 3.17. The van der Waals surface area contributed by atoms with Crippen molar-refractivity contribution >= 4 is 23.3 Å². The van der Waals surface area contributed by atoms with Crippen LogP contribution < -0.4 is 4.90 Å². The highest BCUT2D eigenvalue weighted by Gasteiger charge is 2.43. The number of carboxylic acids is 1. The maximum atomic E-state index is 11.1. The number of hydrogen-bond donors (Lipinski definition) is 1. The summed E-state index contributed by atoms with van der Waals surface area (Å²) in [6.07, 6.45) is 6.67. The molecule has 1 saturated heterocycles. The van der Waals surface area contributed by atoms with Gasteiger partial charge in [0.1, 0.15) is 0 Å². The van der Waals surface area contributed by atoms with Gasteiger partial charge < -0.3 is 10.0 Å². The van der Waals surface area contributed by atoms with Gasteiger partial charge in [-0.3, -0.25) is 0 Å². The molecular formula is C15H18ClNO2. The van der Waals surface area contributed by atoms with Crippen molar-refractivity contribution in [3.05, 3.63) is 28.8 Å². The highest BCUT2D eigenvalue weighted by Crippen LogP contribution is 2.45. The molecule has 0 unspecified atom stereocenters. The normalized spacial score (nSPS) is 21.2. The summed E-state index contributed by atoms with van der Waals surface area (Å²) in [5.74, 6) is -0.920. The largest absolute Gasteiger partial charge is 0.478 e. The second-order valence-corrected chi connectivity index (χ2v) is 6.36. The third kappa shape index (κ3) is 2.44. The first-order chi connectivity index (χ1) is 9.08. The summed E-state index contributed by atoms with van der Waals surface area (Å²) in [5, 5.41) is 9.57. The monoisotopic (exact) mass is 279 g/mol. The molecule has 0 radical (unpaired) electrons. The molecule has 4 heteroatoms. The number of nitrogens with zero attached hydrogens (tertiary/aromatic N) is 1. The zero-order valence-corrected chi connectivity index (χ0v) is 11.6. The lowest BCUT2D eigenvalue weighted by molar-refractivity contribution is 0.0697. The topological polar surface area (TPSA) is 40.5 Å². The molecule has 1 aromatic rings. The molecule has 0 bridgehead atoms. The van der Waals surface area contributed by atoms with E-state index in [1.54, 1.807) is 6.07 Å². The van der Waals surface area contributed by atoms with Crippen LogP contribution in [0.4, 0.5) is 5.69 Å². The van der Waals surface area contributed by atoms with Crippen molar-refractivity contribution in [1.29, 1.82) is 0 Å². The van der Waals surface area contributed by atoms with Crippen molar-refractivity contribution in [2.45, 2.75) is 32.1 Å². The lowest BCUT2D eigenvalue weighted by Crippen LogP contribution is -2.57. The van der Waals surface area contributed by atoms with Crippen LogP contribution in [0.5, 0.6) is 0 Å². The minimum absolute atomic E-state index is 0.270. The molecule has 1 spiro atoms. The Bertz CT molecular complexity index is 501. The van der Waals surface area contributed by atoms with E-state index in [0.717, 1.165) is 18.8 Å². The van der Waals surface area contributed by atoms with Crippen molar-refractivity contribution in [1.82, 2.24) is 0 Å². The van der Waals surface area contributed by atoms with Crippen molar-refractivity contribution < 1.29 is 9.90 Å². The van der Waals surface area contributed by atoms with Gasteiger partial charge >= 0.3 is 5.97 Å². The van der Waals surface area contributed by atoms with Gasteiger partial charge in [-0.05, 0) is 31.0 Å². The van der Waals surface area contributed by atoms with Gasteiger partial charge in [-0.25, -0.2) is 4.79 Å². The highest BCUT2D eigenvalue weighted by molar-refractivity contribution is 6.31. The number of halogens is 1. The van der Waals surface area contributed by atoms with Crippen LogP contribution >= 0.6 is 11.6 Å². The second-order valence-electron chi connectivity index (χ2n) is 5.92. The predicted molar refractivity (Wildman–Crippen MR) is 76.1 cm³/mol. The smallest absolute Gasteiger partial charge is 0.335 e. The number of carboxylic acid groups (broad SMARTS) is 1. The molecule has 1 aliphatic heterocycles. The maximum Gasteiger partial charge on any atom is 0.335 e. The van der Waals surface area contributed by atoms with E-state index in [1.165, 1.54) is 38.2 Å². The van der Waals surface area contributed by atoms with E-state index in [-0.39, 0.29) is 5.56 Å². The van der Waals surface area contributed by atoms with Crippen molar-refractivity contribution in [3.8, 4) is 0 Å². The third-order valence-electron chi connectivity index (χ3n) is 4.46. The van der Waals surface area contributed by atoms with Crippen LogP contribution in [-0.2, 0) is 0 Å². The summed E-state index contributed by atoms with van der Waals surface area (Å²) in [6, 6.07) is 5.09. The Labute approximate surface area is 118 Å². The van der Waals surface area contributed by atoms with Gasteiger partial charge in [0, 0.05) is 29.2 Å². The first-order valence-electron chi connectivity index (χ1n) is 6.87. The molecule has 1 saturated carbocycles. The van der Waals surface area contributed by atoms with E-state index in [4.69, 9.17) is 16.7 Å². The van der Waals surface area contributed by atoms with E-state index in [1.807, 2.05) is 6.07 Å². The molecule has 102 valence electrons. The van der Waals surface area contributed by atoms with E-state index in [9.17, 15) is 4.79 Å². The van der Waals surface area contributed by atoms with E-state index >= 15 is 0 Å². The molecule has 0 aromatic heterocycles. The fraction of sp³-hybridized carbons (Fsp3) is 0.533. The average molecular weight is 280 g/mol. The van der Waals surface area contributed by atoms with Crippen LogP contribution in [0.2, 0.25) is 5.02 Å². The van der Waals surface area contributed by atoms with Crippen molar-refractivity contribution in [3.63, 3.8) is 0 Å². The van der Waals surface area contributed by atoms with Crippen molar-refractivity contribution in [2.75, 3.05) is 18.0 Å². The number of rotatable bonds is 2. The predicted octanol–water partition coefficient (Wildman–Crippen LogP) is 3.81. The number of aromatic carboxylic acids is 1. The van der Waals surface area contributed by atoms with Gasteiger partial charge in [-0.2, -0.15) is 0 Å². The van der Waals surface area contributed by atoms with Crippen molar-refractivity contribution in [2.24, 2.45) is 5.41 Å². The van der Waals surface area contributed by atoms with Crippen LogP contribution in [0.25, 0.3) is 0 Å². The van der Waals surface area contributed by atoms with E-state index < -0.39 is 5.97 Å². The van der Waals surface area contributed by atoms with Crippen LogP contribution in [0.3, 0.4) is 0 Å². The molecule has 0 amide bonds. The van der Waals surface area contributed by atoms with Crippen LogP contribution in [0.15, 0.2) is 18.2 Å². The second kappa shape index (κ2) is 4.71. The number of hydrogen-bond acceptors (Lipinski definition) is 2. The SMILES string of the molecule is O=C(O)c1cc(Cl)cc(N2CC3(CCCCC3)C2)c1. The van der Waals surface area contributed by atoms with Crippen LogP contribution in [-0.4, -0.2) is 24.2 Å². The standard InChI is InChI=1S/C15H18ClNO2/c16-12-6-11(14(18)19)7-13(8-12)17-9-15(10-17)4-2-1-3-5-15/h6-8H,1-5,9-10H2,(H,18,19). The van der Waals surface area contributed by atoms with Crippen LogP contribution in [0, 0.1) is 5.41 Å². The fourth-order valence-corrected chi connectivity index (χ4v) is 3.67. The highest BCUT2D eigenvalue weighted by atomic mass is 35.5. The molecule has 2 fully saturated rings. The Morgan fingerprint density at radius 3 is 2.47 bits per heavy atom. The number of benzene rings is 1. The first-order valence-corrected chi connectivity index (χ1v) is 7.25. The molecule has 1 N–H and O–H groups in total. The van der Waals surface area contributed by atoms with Gasteiger partial charge in [0.25, 0.3) is 0 Å². The van der Waals surface area contributed by atoms with Gasteiger partial charge in [-0.15, -0.1) is 0 Å². The third-order valence-corrected chi connectivity index (χ3v) is 4.68. The van der Waals surface area contributed by atoms with E-state index in [2.05, 4.69) is 4.90 Å². The Hall–Kier alpha value is -1.22. The molecular weight excluding hydrogens is 262 g/mol. The summed E-state index contributed by atoms with van der Waals surface area (Å²) in [7, 11) is 0. The Balaban J connectivity index is 1.76. The molecule has 19 heavy (non-hydrogen) atoms. The van der Waals surface area contributed by atoms with E-state index in [0.29, 0.717) is 10.4 Å². The molecule has 2 aliphatic rings. The Morgan fingerprint density at radius 2 is 1.84 bits per heavy atom. The first kappa shape index (κ1) is 12.8. The minimum Gasteiger partial charge on any atom is -0.478 e. The van der Waals surface area contributed by atoms with Gasteiger partial charge in [0.15, 0.2) is 0 Å². The zero-order chi connectivity index (χ0) is 13.5. The summed E-state index contributed by atoms with van der Waals surface area (Å²) in [4.78, 5) is 13.3. The summed E-state index contributed by atoms with van der Waals surface area (Å²) >= 11 is 6.01. The fourth-order valence-electron chi connectivity index (χ4n) is 3.44. The summed E-state index contributed by atoms with van der Waals surface area (Å²) in [5.41, 5.74) is 1.71. The minimum atomic E-state index is -0.920. The lowest BCUT2D eigenvalue weighted by atomic mass is 9.68. The number of carbonyl (C=O) groups is 1. The summed E-state index contributed by atoms with van der Waals surface area (Å²) < 4.78 is 0. The number of anilines is 1. The quantitative estimate of drug-likeness (QED) is 0.895. The molecule has 1 aromatic carbocycles. The van der Waals surface area contributed by atoms with Gasteiger partial charge in [0.05, 0.1) is 5.56 Å². The molecule has 1 aliphatic carbocycles. The summed E-state index contributed by atoms with van der Waals surface area (Å²) in [6.45, 7) is 2.10. The molecule has 3 rings (SSSR count). The zero-order valence-electron chi connectivity index (χ0n) is 10.9.